The monoisotopic (exact) mass is 265 g/mol. The Morgan fingerprint density at radius 1 is 1.11 bits per heavy atom. The van der Waals surface area contributed by atoms with Crippen LogP contribution in [0.2, 0.25) is 0 Å². The van der Waals surface area contributed by atoms with Gasteiger partial charge in [-0.15, -0.1) is 0 Å². The summed E-state index contributed by atoms with van der Waals surface area (Å²) in [6.45, 7) is 5.49. The van der Waals surface area contributed by atoms with Gasteiger partial charge in [0, 0.05) is 0 Å². The Balaban J connectivity index is 0.000000344. The van der Waals surface area contributed by atoms with Gasteiger partial charge in [0.15, 0.2) is 0 Å². The van der Waals surface area contributed by atoms with Gasteiger partial charge in [-0.2, -0.15) is 0 Å². The molecule has 0 saturated carbocycles. The number of carboxylic acid groups (broad SMARTS) is 1. The highest BCUT2D eigenvalue weighted by Crippen LogP contribution is 2.00. The maximum Gasteiger partial charge on any atom is 0.0766 e. The van der Waals surface area contributed by atoms with Crippen LogP contribution in [0.25, 0.3) is 0 Å². The van der Waals surface area contributed by atoms with Crippen molar-refractivity contribution in [2.45, 2.75) is 39.5 Å². The number of unbranched alkanes of at least 4 members (excludes halogenated alkanes) is 3. The number of carbonyl (C=O) groups excluding carboxylic acids is 1. The Bertz CT molecular complexity index is 344. The molecule has 1 aromatic rings. The zero-order valence-electron chi connectivity index (χ0n) is 12.7. The van der Waals surface area contributed by atoms with Gasteiger partial charge < -0.3 is 14.8 Å². The lowest BCUT2D eigenvalue weighted by atomic mass is 10.2. The third kappa shape index (κ3) is 10.3. The fraction of sp³-hybridized carbons (Fsp3) is 0.562. The van der Waals surface area contributed by atoms with Gasteiger partial charge in [0.1, 0.15) is 0 Å². The summed E-state index contributed by atoms with van der Waals surface area (Å²) in [5, 5.41) is 10.2. The first-order chi connectivity index (χ1) is 8.97. The van der Waals surface area contributed by atoms with Gasteiger partial charge in [-0.1, -0.05) is 49.6 Å². The van der Waals surface area contributed by atoms with Crippen molar-refractivity contribution in [1.82, 2.24) is 0 Å². The largest absolute Gasteiger partial charge is 0.545 e. The van der Waals surface area contributed by atoms with Crippen molar-refractivity contribution in [3.05, 3.63) is 35.4 Å². The standard InChI is InChI=1S/C8H19N.C8H8O2/c1-4-5-6-7-8-9(2)3;1-6-2-4-7(5-3-6)8(9)10/h4-8H2,1-3H3;2-5H,1H3,(H,9,10). The predicted octanol–water partition coefficient (Wildman–Crippen LogP) is 1.07. The van der Waals surface area contributed by atoms with Crippen molar-refractivity contribution >= 4 is 5.97 Å². The third-order valence-corrected chi connectivity index (χ3v) is 2.82. The second-order valence-electron chi connectivity index (χ2n) is 5.17. The van der Waals surface area contributed by atoms with E-state index in [-0.39, 0.29) is 5.56 Å². The van der Waals surface area contributed by atoms with E-state index in [1.54, 1.807) is 17.0 Å². The zero-order chi connectivity index (χ0) is 14.7. The molecule has 3 nitrogen and oxygen atoms in total. The highest BCUT2D eigenvalue weighted by molar-refractivity contribution is 5.85. The van der Waals surface area contributed by atoms with Crippen LogP contribution in [0.15, 0.2) is 24.3 Å². The van der Waals surface area contributed by atoms with E-state index in [4.69, 9.17) is 0 Å². The molecule has 0 radical (unpaired) electrons. The predicted molar refractivity (Wildman–Crippen MR) is 77.3 cm³/mol. The minimum Gasteiger partial charge on any atom is -0.545 e. The third-order valence-electron chi connectivity index (χ3n) is 2.82. The summed E-state index contributed by atoms with van der Waals surface area (Å²) >= 11 is 0. The molecule has 1 rings (SSSR count). The summed E-state index contributed by atoms with van der Waals surface area (Å²) in [4.78, 5) is 11.8. The quantitative estimate of drug-likeness (QED) is 0.782. The molecule has 0 saturated heterocycles. The Morgan fingerprint density at radius 3 is 2.11 bits per heavy atom. The number of aryl methyl sites for hydroxylation is 1. The molecule has 0 atom stereocenters. The van der Waals surface area contributed by atoms with E-state index in [1.807, 2.05) is 6.92 Å². The first-order valence-electron chi connectivity index (χ1n) is 7.04. The molecule has 0 aliphatic heterocycles. The highest BCUT2D eigenvalue weighted by atomic mass is 16.4. The average Bonchev–Trinajstić information content (AvgIpc) is 2.36. The van der Waals surface area contributed by atoms with Gasteiger partial charge in [0.25, 0.3) is 0 Å². The summed E-state index contributed by atoms with van der Waals surface area (Å²) < 4.78 is 0. The molecule has 0 aromatic heterocycles. The van der Waals surface area contributed by atoms with Crippen LogP contribution in [0, 0.1) is 6.92 Å². The van der Waals surface area contributed by atoms with E-state index >= 15 is 0 Å². The number of carbonyl (C=O) groups is 1. The molecule has 3 heteroatoms. The number of hydrogen-bond donors (Lipinski definition) is 1. The van der Waals surface area contributed by atoms with Crippen LogP contribution >= 0.6 is 0 Å². The molecule has 0 amide bonds. The molecular weight excluding hydrogens is 238 g/mol. The van der Waals surface area contributed by atoms with E-state index in [1.165, 1.54) is 44.4 Å². The SMILES string of the molecule is CCCCCC[NH+](C)C.Cc1ccc(C(=O)[O-])cc1. The van der Waals surface area contributed by atoms with Crippen LogP contribution in [-0.4, -0.2) is 26.6 Å². The molecule has 0 heterocycles. The fourth-order valence-corrected chi connectivity index (χ4v) is 1.59. The molecule has 19 heavy (non-hydrogen) atoms. The lowest BCUT2D eigenvalue weighted by Crippen LogP contribution is -3.05. The van der Waals surface area contributed by atoms with Gasteiger partial charge in [-0.3, -0.25) is 0 Å². The molecule has 0 fully saturated rings. The van der Waals surface area contributed by atoms with E-state index in [0.717, 1.165) is 5.56 Å². The molecular formula is C16H27NO2. The Hall–Kier alpha value is -1.35. The lowest BCUT2D eigenvalue weighted by Gasteiger charge is -2.05. The minimum atomic E-state index is -1.12. The first kappa shape index (κ1) is 17.6. The molecule has 0 spiro atoms. The number of benzene rings is 1. The number of quaternary nitrogens is 1. The van der Waals surface area contributed by atoms with E-state index in [2.05, 4.69) is 21.0 Å². The Labute approximate surface area is 117 Å². The summed E-state index contributed by atoms with van der Waals surface area (Å²) in [7, 11) is 4.43. The van der Waals surface area contributed by atoms with Crippen molar-refractivity contribution in [2.24, 2.45) is 0 Å². The number of carboxylic acids is 1. The second-order valence-corrected chi connectivity index (χ2v) is 5.17. The first-order valence-corrected chi connectivity index (χ1v) is 7.04. The number of hydrogen-bond acceptors (Lipinski definition) is 2. The van der Waals surface area contributed by atoms with Gasteiger partial charge in [0.05, 0.1) is 26.6 Å². The molecule has 0 aliphatic carbocycles. The van der Waals surface area contributed by atoms with Crippen LogP contribution < -0.4 is 10.0 Å². The fourth-order valence-electron chi connectivity index (χ4n) is 1.59. The minimum absolute atomic E-state index is 0.227. The van der Waals surface area contributed by atoms with E-state index in [0.29, 0.717) is 0 Å². The van der Waals surface area contributed by atoms with Crippen molar-refractivity contribution in [3.8, 4) is 0 Å². The lowest BCUT2D eigenvalue weighted by molar-refractivity contribution is -0.858. The van der Waals surface area contributed by atoms with Crippen LogP contribution in [-0.2, 0) is 0 Å². The van der Waals surface area contributed by atoms with Gasteiger partial charge >= 0.3 is 0 Å². The summed E-state index contributed by atoms with van der Waals surface area (Å²) in [5.41, 5.74) is 1.27. The number of nitrogens with one attached hydrogen (secondary N) is 1. The molecule has 0 bridgehead atoms. The van der Waals surface area contributed by atoms with Crippen LogP contribution in [0.5, 0.6) is 0 Å². The second kappa shape index (κ2) is 10.6. The van der Waals surface area contributed by atoms with Crippen molar-refractivity contribution in [2.75, 3.05) is 20.6 Å². The van der Waals surface area contributed by atoms with E-state index < -0.39 is 5.97 Å². The summed E-state index contributed by atoms with van der Waals surface area (Å²) in [5.74, 6) is -1.12. The number of aromatic carboxylic acids is 1. The van der Waals surface area contributed by atoms with E-state index in [9.17, 15) is 9.90 Å². The van der Waals surface area contributed by atoms with Crippen molar-refractivity contribution in [1.29, 1.82) is 0 Å². The topological polar surface area (TPSA) is 44.6 Å². The molecule has 0 unspecified atom stereocenters. The summed E-state index contributed by atoms with van der Waals surface area (Å²) in [6, 6.07) is 6.55. The van der Waals surface area contributed by atoms with Crippen LogP contribution in [0.4, 0.5) is 0 Å². The maximum absolute atomic E-state index is 10.2. The Kier molecular flexibility index (Phi) is 9.81. The van der Waals surface area contributed by atoms with Gasteiger partial charge in [-0.25, -0.2) is 0 Å². The normalized spacial score (nSPS) is 9.95. The smallest absolute Gasteiger partial charge is 0.0766 e. The average molecular weight is 265 g/mol. The van der Waals surface area contributed by atoms with Crippen molar-refractivity contribution < 1.29 is 14.8 Å². The molecule has 1 N–H and O–H groups in total. The molecule has 0 aliphatic rings. The number of rotatable bonds is 6. The van der Waals surface area contributed by atoms with Crippen LogP contribution in [0.1, 0.15) is 48.5 Å². The van der Waals surface area contributed by atoms with Crippen molar-refractivity contribution in [3.63, 3.8) is 0 Å². The zero-order valence-corrected chi connectivity index (χ0v) is 12.7. The van der Waals surface area contributed by atoms with Crippen LogP contribution in [0.3, 0.4) is 0 Å². The summed E-state index contributed by atoms with van der Waals surface area (Å²) in [6.07, 6.45) is 5.58. The highest BCUT2D eigenvalue weighted by Gasteiger charge is 1.91. The molecule has 1 aromatic carbocycles. The Morgan fingerprint density at radius 2 is 1.68 bits per heavy atom. The van der Waals surface area contributed by atoms with Gasteiger partial charge in [0.2, 0.25) is 0 Å². The maximum atomic E-state index is 10.2. The van der Waals surface area contributed by atoms with Gasteiger partial charge in [-0.05, 0) is 25.3 Å². The molecule has 108 valence electrons.